The van der Waals surface area contributed by atoms with Crippen LogP contribution in [0.25, 0.3) is 0 Å². The Morgan fingerprint density at radius 1 is 1.22 bits per heavy atom. The number of aliphatic hydroxyl groups is 1. The van der Waals surface area contributed by atoms with Crippen LogP contribution in [0, 0.1) is 38.9 Å². The summed E-state index contributed by atoms with van der Waals surface area (Å²) >= 11 is 0. The van der Waals surface area contributed by atoms with E-state index in [0.717, 1.165) is 50.7 Å². The lowest BCUT2D eigenvalue weighted by atomic mass is 9.43. The number of allylic oxidation sites excluding steroid dienone is 1. The smallest absolute Gasteiger partial charge is 0.309 e. The zero-order valence-corrected chi connectivity index (χ0v) is 24.8. The van der Waals surface area contributed by atoms with Gasteiger partial charge in [0, 0.05) is 11.5 Å². The van der Waals surface area contributed by atoms with E-state index in [4.69, 9.17) is 4.52 Å². The first-order valence-electron chi connectivity index (χ1n) is 14.6. The number of aliphatic carboxylic acids is 1. The van der Waals surface area contributed by atoms with Crippen molar-refractivity contribution in [3.63, 3.8) is 0 Å². The lowest BCUT2D eigenvalue weighted by Gasteiger charge is -2.61. The molecule has 7 atom stereocenters. The summed E-state index contributed by atoms with van der Waals surface area (Å²) in [6.07, 6.45) is 10.7. The Kier molecular flexibility index (Phi) is 7.09. The van der Waals surface area contributed by atoms with Gasteiger partial charge >= 0.3 is 5.97 Å². The van der Waals surface area contributed by atoms with E-state index >= 15 is 0 Å². The second-order valence-electron chi connectivity index (χ2n) is 15.0. The number of hydrogen-bond donors (Lipinski definition) is 2. The molecule has 0 aliphatic heterocycles. The summed E-state index contributed by atoms with van der Waals surface area (Å²) in [6, 6.07) is 0. The molecule has 0 saturated heterocycles. The molecule has 2 saturated carbocycles. The summed E-state index contributed by atoms with van der Waals surface area (Å²) in [5.74, 6) is 1.27. The molecule has 208 valence electrons. The van der Waals surface area contributed by atoms with Gasteiger partial charge in [-0.15, -0.1) is 0 Å². The fourth-order valence-corrected chi connectivity index (χ4v) is 8.97. The van der Waals surface area contributed by atoms with E-state index in [2.05, 4.69) is 66.6 Å². The zero-order chi connectivity index (χ0) is 27.6. The highest BCUT2D eigenvalue weighted by atomic mass is 16.5. The van der Waals surface area contributed by atoms with E-state index in [1.165, 1.54) is 11.1 Å². The summed E-state index contributed by atoms with van der Waals surface area (Å²) < 4.78 is 5.69. The van der Waals surface area contributed by atoms with E-state index in [9.17, 15) is 15.0 Å². The van der Waals surface area contributed by atoms with Crippen LogP contribution in [0.5, 0.6) is 0 Å². The molecule has 0 amide bonds. The normalized spacial score (nSPS) is 39.6. The minimum Gasteiger partial charge on any atom is -0.481 e. The fourth-order valence-electron chi connectivity index (χ4n) is 8.97. The van der Waals surface area contributed by atoms with Crippen molar-refractivity contribution in [1.82, 2.24) is 5.16 Å². The van der Waals surface area contributed by atoms with Gasteiger partial charge in [0.2, 0.25) is 0 Å². The molecule has 37 heavy (non-hydrogen) atoms. The molecule has 0 spiro atoms. The standard InChI is InChI=1S/C32H51NO4/c1-20-17-28(4,5)12-14-32(20,27(35)36)15-13-29(6,7)31(9)11-10-24-22(3)26-23(19-33-37-26)18-30(24,8)25(31)16-21(2)34/h16,19-22,24,34H,10-15,17-18H2,1-9H3,(H,35,36)/b25-16-/t20?,21-,22-,24-,30-,31+,32-/m0/s1. The quantitative estimate of drug-likeness (QED) is 0.379. The van der Waals surface area contributed by atoms with Crippen LogP contribution in [0.2, 0.25) is 0 Å². The molecule has 3 aliphatic carbocycles. The van der Waals surface area contributed by atoms with Crippen LogP contribution in [0.15, 0.2) is 22.4 Å². The van der Waals surface area contributed by atoms with E-state index in [1.54, 1.807) is 0 Å². The van der Waals surface area contributed by atoms with Crippen molar-refractivity contribution >= 4 is 5.97 Å². The van der Waals surface area contributed by atoms with Crippen molar-refractivity contribution in [1.29, 1.82) is 0 Å². The van der Waals surface area contributed by atoms with Gasteiger partial charge in [-0.1, -0.05) is 72.2 Å². The first-order valence-corrected chi connectivity index (χ1v) is 14.6. The first-order chi connectivity index (χ1) is 17.0. The van der Waals surface area contributed by atoms with Crippen LogP contribution in [0.4, 0.5) is 0 Å². The Morgan fingerprint density at radius 3 is 2.49 bits per heavy atom. The number of carbonyl (C=O) groups is 1. The van der Waals surface area contributed by atoms with Crippen LogP contribution in [-0.4, -0.2) is 27.4 Å². The fraction of sp³-hybridized carbons (Fsp3) is 0.812. The van der Waals surface area contributed by atoms with Crippen molar-refractivity contribution in [2.24, 2.45) is 38.9 Å². The molecule has 1 unspecified atom stereocenters. The Bertz CT molecular complexity index is 1050. The molecule has 1 aromatic heterocycles. The maximum Gasteiger partial charge on any atom is 0.309 e. The van der Waals surface area contributed by atoms with Crippen molar-refractivity contribution in [2.45, 2.75) is 126 Å². The zero-order valence-electron chi connectivity index (χ0n) is 24.8. The number of rotatable bonds is 6. The van der Waals surface area contributed by atoms with Gasteiger partial charge in [0.1, 0.15) is 5.76 Å². The molecule has 1 heterocycles. The number of carboxylic acid groups (broad SMARTS) is 1. The van der Waals surface area contributed by atoms with Gasteiger partial charge in [-0.3, -0.25) is 4.79 Å². The van der Waals surface area contributed by atoms with Crippen molar-refractivity contribution in [2.75, 3.05) is 0 Å². The molecule has 0 radical (unpaired) electrons. The van der Waals surface area contributed by atoms with Crippen LogP contribution < -0.4 is 0 Å². The SMILES string of the molecule is CC1CC(C)(C)CC[C@@]1(CCC(C)(C)[C@]1(C)CC[C@H]2[C@H](C)c3oncc3C[C@]2(C)/C1=C/[C@H](C)O)C(=O)O. The number of aromatic nitrogens is 1. The predicted octanol–water partition coefficient (Wildman–Crippen LogP) is 7.79. The second-order valence-corrected chi connectivity index (χ2v) is 15.0. The summed E-state index contributed by atoms with van der Waals surface area (Å²) in [6.45, 7) is 20.3. The number of hydrogen-bond acceptors (Lipinski definition) is 4. The van der Waals surface area contributed by atoms with Crippen LogP contribution in [0.1, 0.15) is 125 Å². The molecule has 0 bridgehead atoms. The number of aliphatic hydroxyl groups excluding tert-OH is 1. The van der Waals surface area contributed by atoms with Crippen LogP contribution in [-0.2, 0) is 11.2 Å². The number of nitrogens with zero attached hydrogens (tertiary/aromatic N) is 1. The molecular weight excluding hydrogens is 462 g/mol. The van der Waals surface area contributed by atoms with Crippen LogP contribution in [0.3, 0.4) is 0 Å². The van der Waals surface area contributed by atoms with Crippen molar-refractivity contribution < 1.29 is 19.5 Å². The monoisotopic (exact) mass is 513 g/mol. The van der Waals surface area contributed by atoms with Gasteiger partial charge in [0.05, 0.1) is 17.7 Å². The average molecular weight is 514 g/mol. The molecule has 4 rings (SSSR count). The minimum atomic E-state index is -0.658. The van der Waals surface area contributed by atoms with Crippen LogP contribution >= 0.6 is 0 Å². The van der Waals surface area contributed by atoms with Gasteiger partial charge in [-0.2, -0.15) is 0 Å². The van der Waals surface area contributed by atoms with Gasteiger partial charge < -0.3 is 14.7 Å². The summed E-state index contributed by atoms with van der Waals surface area (Å²) in [5, 5.41) is 25.3. The molecule has 5 heteroatoms. The Morgan fingerprint density at radius 2 is 1.89 bits per heavy atom. The average Bonchev–Trinajstić information content (AvgIpc) is 3.23. The highest BCUT2D eigenvalue weighted by Gasteiger charge is 2.59. The molecule has 2 N–H and O–H groups in total. The molecule has 3 aliphatic rings. The second kappa shape index (κ2) is 9.24. The predicted molar refractivity (Wildman–Crippen MR) is 147 cm³/mol. The summed E-state index contributed by atoms with van der Waals surface area (Å²) in [4.78, 5) is 12.8. The number of carboxylic acids is 1. The van der Waals surface area contributed by atoms with E-state index in [-0.39, 0.29) is 33.5 Å². The molecule has 2 fully saturated rings. The molecule has 5 nitrogen and oxygen atoms in total. The molecule has 0 aromatic carbocycles. The van der Waals surface area contributed by atoms with E-state index in [0.29, 0.717) is 12.3 Å². The van der Waals surface area contributed by atoms with Gasteiger partial charge in [-0.25, -0.2) is 0 Å². The summed E-state index contributed by atoms with van der Waals surface area (Å²) in [5.41, 5.74) is 1.69. The molecular formula is C32H51NO4. The highest BCUT2D eigenvalue weighted by molar-refractivity contribution is 5.75. The lowest BCUT2D eigenvalue weighted by Crippen LogP contribution is -2.53. The maximum atomic E-state index is 12.8. The summed E-state index contributed by atoms with van der Waals surface area (Å²) in [7, 11) is 0. The van der Waals surface area contributed by atoms with Gasteiger partial charge in [-0.05, 0) is 91.8 Å². The van der Waals surface area contributed by atoms with E-state index < -0.39 is 17.5 Å². The Balaban J connectivity index is 1.69. The maximum absolute atomic E-state index is 12.8. The largest absolute Gasteiger partial charge is 0.481 e. The Hall–Kier alpha value is -1.62. The topological polar surface area (TPSA) is 83.6 Å². The van der Waals surface area contributed by atoms with E-state index in [1.807, 2.05) is 13.1 Å². The number of fused-ring (bicyclic) bond motifs is 2. The highest BCUT2D eigenvalue weighted by Crippen LogP contribution is 2.67. The molecule has 1 aromatic rings. The van der Waals surface area contributed by atoms with Gasteiger partial charge in [0.25, 0.3) is 0 Å². The third-order valence-electron chi connectivity index (χ3n) is 11.8. The first kappa shape index (κ1) is 28.4. The van der Waals surface area contributed by atoms with Crippen molar-refractivity contribution in [3.05, 3.63) is 29.2 Å². The minimum absolute atomic E-state index is 0.105. The lowest BCUT2D eigenvalue weighted by molar-refractivity contribution is -0.159. The van der Waals surface area contributed by atoms with Gasteiger partial charge in [0.15, 0.2) is 0 Å². The third kappa shape index (κ3) is 4.51. The Labute approximate surface area is 224 Å². The van der Waals surface area contributed by atoms with Crippen molar-refractivity contribution in [3.8, 4) is 0 Å². The third-order valence-corrected chi connectivity index (χ3v) is 11.8.